The molecule has 1 aromatic carbocycles. The van der Waals surface area contributed by atoms with E-state index in [4.69, 9.17) is 9.84 Å². The summed E-state index contributed by atoms with van der Waals surface area (Å²) in [5.74, 6) is -1.31. The van der Waals surface area contributed by atoms with E-state index < -0.39 is 5.97 Å². The highest BCUT2D eigenvalue weighted by Gasteiger charge is 2.27. The standard InChI is InChI=1S/C18H24N2O5/c1-25-11-3-8-19-16(21)13-6-9-20(10-7-13)17(22)14-4-2-5-15(12-14)18(23)24/h2,4-5,12-13H,3,6-11H2,1H3,(H,19,21)(H,23,24). The number of piperidine rings is 1. The summed E-state index contributed by atoms with van der Waals surface area (Å²) in [4.78, 5) is 37.3. The zero-order valence-corrected chi connectivity index (χ0v) is 14.4. The number of carboxylic acids is 1. The maximum atomic E-state index is 12.5. The quantitative estimate of drug-likeness (QED) is 0.726. The number of ether oxygens (including phenoxy) is 1. The van der Waals surface area contributed by atoms with Gasteiger partial charge in [0, 0.05) is 44.8 Å². The van der Waals surface area contributed by atoms with Crippen LogP contribution in [0.3, 0.4) is 0 Å². The van der Waals surface area contributed by atoms with Crippen molar-refractivity contribution in [2.45, 2.75) is 19.3 Å². The molecule has 1 aliphatic rings. The van der Waals surface area contributed by atoms with Crippen LogP contribution >= 0.6 is 0 Å². The maximum absolute atomic E-state index is 12.5. The van der Waals surface area contributed by atoms with Gasteiger partial charge in [-0.1, -0.05) is 6.07 Å². The number of carbonyl (C=O) groups is 3. The van der Waals surface area contributed by atoms with Crippen LogP contribution in [0.5, 0.6) is 0 Å². The molecule has 2 amide bonds. The zero-order valence-electron chi connectivity index (χ0n) is 14.4. The van der Waals surface area contributed by atoms with E-state index in [0.29, 0.717) is 44.6 Å². The average Bonchev–Trinajstić information content (AvgIpc) is 2.64. The summed E-state index contributed by atoms with van der Waals surface area (Å²) in [7, 11) is 1.63. The Hall–Kier alpha value is -2.41. The SMILES string of the molecule is COCCCNC(=O)C1CCN(C(=O)c2cccc(C(=O)O)c2)CC1. The molecule has 0 spiro atoms. The third-order valence-corrected chi connectivity index (χ3v) is 4.33. The van der Waals surface area contributed by atoms with Gasteiger partial charge in [-0.25, -0.2) is 4.79 Å². The van der Waals surface area contributed by atoms with Crippen molar-refractivity contribution < 1.29 is 24.2 Å². The van der Waals surface area contributed by atoms with E-state index in [1.165, 1.54) is 12.1 Å². The molecule has 2 rings (SSSR count). The van der Waals surface area contributed by atoms with Crippen molar-refractivity contribution in [3.05, 3.63) is 35.4 Å². The second-order valence-corrected chi connectivity index (χ2v) is 6.09. The number of benzene rings is 1. The molecule has 2 N–H and O–H groups in total. The number of nitrogens with one attached hydrogen (secondary N) is 1. The molecule has 0 aromatic heterocycles. The first-order valence-electron chi connectivity index (χ1n) is 8.42. The molecule has 136 valence electrons. The molecule has 7 nitrogen and oxygen atoms in total. The first kappa shape index (κ1) is 18.9. The van der Waals surface area contributed by atoms with E-state index in [2.05, 4.69) is 5.32 Å². The summed E-state index contributed by atoms with van der Waals surface area (Å²) >= 11 is 0. The molecule has 1 aromatic rings. The van der Waals surface area contributed by atoms with Gasteiger partial charge >= 0.3 is 5.97 Å². The molecule has 1 heterocycles. The van der Waals surface area contributed by atoms with Gasteiger partial charge in [-0.05, 0) is 37.5 Å². The molecule has 0 saturated carbocycles. The second kappa shape index (κ2) is 9.17. The lowest BCUT2D eigenvalue weighted by atomic mass is 9.95. The van der Waals surface area contributed by atoms with Gasteiger partial charge in [0.25, 0.3) is 5.91 Å². The van der Waals surface area contributed by atoms with Crippen molar-refractivity contribution >= 4 is 17.8 Å². The van der Waals surface area contributed by atoms with Gasteiger partial charge < -0.3 is 20.1 Å². The first-order chi connectivity index (χ1) is 12.0. The third kappa shape index (κ3) is 5.29. The Morgan fingerprint density at radius 3 is 2.56 bits per heavy atom. The Kier molecular flexibility index (Phi) is 6.94. The van der Waals surface area contributed by atoms with Crippen molar-refractivity contribution in [3.63, 3.8) is 0 Å². The predicted octanol–water partition coefficient (Wildman–Crippen LogP) is 1.39. The number of carbonyl (C=O) groups excluding carboxylic acids is 2. The lowest BCUT2D eigenvalue weighted by molar-refractivity contribution is -0.126. The Morgan fingerprint density at radius 2 is 1.92 bits per heavy atom. The molecule has 25 heavy (non-hydrogen) atoms. The van der Waals surface area contributed by atoms with Gasteiger partial charge in [0.2, 0.25) is 5.91 Å². The molecule has 0 bridgehead atoms. The molecule has 1 aliphatic heterocycles. The summed E-state index contributed by atoms with van der Waals surface area (Å²) in [6.07, 6.45) is 2.00. The number of amides is 2. The lowest BCUT2D eigenvalue weighted by Crippen LogP contribution is -2.43. The van der Waals surface area contributed by atoms with Crippen molar-refractivity contribution in [1.82, 2.24) is 10.2 Å². The fraction of sp³-hybridized carbons (Fsp3) is 0.500. The highest BCUT2D eigenvalue weighted by atomic mass is 16.5. The predicted molar refractivity (Wildman–Crippen MR) is 91.5 cm³/mol. The van der Waals surface area contributed by atoms with Crippen LogP contribution < -0.4 is 5.32 Å². The monoisotopic (exact) mass is 348 g/mol. The minimum Gasteiger partial charge on any atom is -0.478 e. The summed E-state index contributed by atoms with van der Waals surface area (Å²) in [5.41, 5.74) is 0.457. The number of rotatable bonds is 7. The van der Waals surface area contributed by atoms with E-state index in [9.17, 15) is 14.4 Å². The highest BCUT2D eigenvalue weighted by molar-refractivity contribution is 5.97. The lowest BCUT2D eigenvalue weighted by Gasteiger charge is -2.31. The fourth-order valence-electron chi connectivity index (χ4n) is 2.89. The first-order valence-corrected chi connectivity index (χ1v) is 8.42. The number of carboxylic acid groups (broad SMARTS) is 1. The van der Waals surface area contributed by atoms with Gasteiger partial charge in [0.15, 0.2) is 0 Å². The van der Waals surface area contributed by atoms with Crippen LogP contribution in [-0.4, -0.2) is 61.1 Å². The second-order valence-electron chi connectivity index (χ2n) is 6.09. The van der Waals surface area contributed by atoms with Crippen LogP contribution in [-0.2, 0) is 9.53 Å². The number of aromatic carboxylic acids is 1. The molecule has 0 radical (unpaired) electrons. The van der Waals surface area contributed by atoms with Gasteiger partial charge in [-0.2, -0.15) is 0 Å². The molecule has 0 aliphatic carbocycles. The summed E-state index contributed by atoms with van der Waals surface area (Å²) in [6, 6.07) is 6.03. The smallest absolute Gasteiger partial charge is 0.335 e. The number of hydrogen-bond acceptors (Lipinski definition) is 4. The molecular weight excluding hydrogens is 324 g/mol. The summed E-state index contributed by atoms with van der Waals surface area (Å²) in [5, 5.41) is 11.9. The largest absolute Gasteiger partial charge is 0.478 e. The average molecular weight is 348 g/mol. The molecule has 1 saturated heterocycles. The maximum Gasteiger partial charge on any atom is 0.335 e. The van der Waals surface area contributed by atoms with Crippen molar-refractivity contribution in [3.8, 4) is 0 Å². The summed E-state index contributed by atoms with van der Waals surface area (Å²) < 4.78 is 4.94. The van der Waals surface area contributed by atoms with E-state index in [0.717, 1.165) is 6.42 Å². The van der Waals surface area contributed by atoms with Gasteiger partial charge in [-0.15, -0.1) is 0 Å². The van der Waals surface area contributed by atoms with E-state index in [1.54, 1.807) is 24.1 Å². The Morgan fingerprint density at radius 1 is 1.24 bits per heavy atom. The number of hydrogen-bond donors (Lipinski definition) is 2. The van der Waals surface area contributed by atoms with Crippen LogP contribution in [0.2, 0.25) is 0 Å². The number of nitrogens with zero attached hydrogens (tertiary/aromatic N) is 1. The third-order valence-electron chi connectivity index (χ3n) is 4.33. The molecule has 0 unspecified atom stereocenters. The van der Waals surface area contributed by atoms with E-state index >= 15 is 0 Å². The zero-order chi connectivity index (χ0) is 18.2. The fourth-order valence-corrected chi connectivity index (χ4v) is 2.89. The van der Waals surface area contributed by atoms with E-state index in [-0.39, 0.29) is 23.3 Å². The number of likely N-dealkylation sites (tertiary alicyclic amines) is 1. The van der Waals surface area contributed by atoms with Crippen LogP contribution in [0.1, 0.15) is 40.0 Å². The molecular formula is C18H24N2O5. The molecule has 7 heteroatoms. The van der Waals surface area contributed by atoms with Crippen molar-refractivity contribution in [2.24, 2.45) is 5.92 Å². The minimum absolute atomic E-state index is 0.0241. The van der Waals surface area contributed by atoms with E-state index in [1.807, 2.05) is 0 Å². The van der Waals surface area contributed by atoms with Crippen LogP contribution in [0.4, 0.5) is 0 Å². The van der Waals surface area contributed by atoms with Crippen LogP contribution in [0.25, 0.3) is 0 Å². The minimum atomic E-state index is -1.06. The van der Waals surface area contributed by atoms with Crippen LogP contribution in [0.15, 0.2) is 24.3 Å². The number of methoxy groups -OCH3 is 1. The van der Waals surface area contributed by atoms with Crippen molar-refractivity contribution in [1.29, 1.82) is 0 Å². The normalized spacial score (nSPS) is 15.0. The highest BCUT2D eigenvalue weighted by Crippen LogP contribution is 2.19. The Labute approximate surface area is 147 Å². The van der Waals surface area contributed by atoms with Crippen molar-refractivity contribution in [2.75, 3.05) is 33.4 Å². The topological polar surface area (TPSA) is 95.9 Å². The molecule has 0 atom stereocenters. The van der Waals surface area contributed by atoms with Gasteiger partial charge in [0.1, 0.15) is 0 Å². The Bertz CT molecular complexity index is 624. The van der Waals surface area contributed by atoms with Gasteiger partial charge in [-0.3, -0.25) is 9.59 Å². The Balaban J connectivity index is 1.85. The van der Waals surface area contributed by atoms with Crippen LogP contribution in [0, 0.1) is 5.92 Å². The summed E-state index contributed by atoms with van der Waals surface area (Å²) in [6.45, 7) is 2.19. The van der Waals surface area contributed by atoms with Gasteiger partial charge in [0.05, 0.1) is 5.56 Å². The molecule has 1 fully saturated rings.